The average molecular weight is 270 g/mol. The van der Waals surface area contributed by atoms with Crippen LogP contribution in [0.1, 0.15) is 47.1 Å². The van der Waals surface area contributed by atoms with Crippen molar-refractivity contribution in [3.05, 3.63) is 77.9 Å². The maximum absolute atomic E-state index is 2.12. The minimum atomic E-state index is 1.20. The second-order valence-corrected chi connectivity index (χ2v) is 3.44. The number of rotatable bonds is 4. The number of benzene rings is 1. The molecule has 0 N–H and O–H groups in total. The van der Waals surface area contributed by atoms with E-state index in [1.54, 1.807) is 0 Å². The molecule has 0 aromatic heterocycles. The Morgan fingerprint density at radius 2 is 1.40 bits per heavy atom. The lowest BCUT2D eigenvalue weighted by molar-refractivity contribution is 1.50. The molecular formula is C20H30. The van der Waals surface area contributed by atoms with Gasteiger partial charge in [0.15, 0.2) is 0 Å². The molecule has 0 aliphatic heterocycles. The molecule has 0 heterocycles. The van der Waals surface area contributed by atoms with E-state index in [1.807, 2.05) is 78.0 Å². The monoisotopic (exact) mass is 270 g/mol. The molecule has 0 aliphatic rings. The molecule has 20 heavy (non-hydrogen) atoms. The fraction of sp³-hybridized carbons (Fsp3) is 0.300. The zero-order valence-electron chi connectivity index (χ0n) is 13.9. The summed E-state index contributed by atoms with van der Waals surface area (Å²) in [5.74, 6) is 0. The van der Waals surface area contributed by atoms with Gasteiger partial charge in [0.1, 0.15) is 0 Å². The van der Waals surface area contributed by atoms with Crippen LogP contribution in [0.5, 0.6) is 0 Å². The van der Waals surface area contributed by atoms with E-state index in [9.17, 15) is 0 Å². The van der Waals surface area contributed by atoms with E-state index >= 15 is 0 Å². The molecule has 1 aromatic rings. The van der Waals surface area contributed by atoms with E-state index in [-0.39, 0.29) is 0 Å². The predicted molar refractivity (Wildman–Crippen MR) is 95.9 cm³/mol. The van der Waals surface area contributed by atoms with Gasteiger partial charge in [0.2, 0.25) is 0 Å². The molecule has 0 bridgehead atoms. The van der Waals surface area contributed by atoms with Crippen LogP contribution >= 0.6 is 0 Å². The highest BCUT2D eigenvalue weighted by molar-refractivity contribution is 5.54. The second-order valence-electron chi connectivity index (χ2n) is 3.44. The van der Waals surface area contributed by atoms with E-state index < -0.39 is 0 Å². The molecule has 0 spiro atoms. The standard InChI is InChI=1S/C16H18.2C2H6/c1-3-5-10-15(9-4-2)13-14-16-11-7-6-8-12-16;2*1-2/h3-14H,1-2H3;2*1-2H3/b5-3-,9-4-,14-13+,15-10+;;. The summed E-state index contributed by atoms with van der Waals surface area (Å²) in [6.45, 7) is 12.0. The molecule has 1 aromatic carbocycles. The summed E-state index contributed by atoms with van der Waals surface area (Å²) in [5, 5.41) is 0. The van der Waals surface area contributed by atoms with Gasteiger partial charge in [-0.3, -0.25) is 0 Å². The largest absolute Gasteiger partial charge is 0.0876 e. The quantitative estimate of drug-likeness (QED) is 0.526. The van der Waals surface area contributed by atoms with Crippen LogP contribution in [0.4, 0.5) is 0 Å². The van der Waals surface area contributed by atoms with E-state index in [0.29, 0.717) is 0 Å². The molecular weight excluding hydrogens is 240 g/mol. The van der Waals surface area contributed by atoms with Crippen LogP contribution in [-0.4, -0.2) is 0 Å². The summed E-state index contributed by atoms with van der Waals surface area (Å²) >= 11 is 0. The predicted octanol–water partition coefficient (Wildman–Crippen LogP) is 6.83. The molecule has 110 valence electrons. The van der Waals surface area contributed by atoms with E-state index in [4.69, 9.17) is 0 Å². The van der Waals surface area contributed by atoms with Gasteiger partial charge in [-0.05, 0) is 25.0 Å². The molecule has 0 heteroatoms. The Labute approximate surface area is 126 Å². The summed E-state index contributed by atoms with van der Waals surface area (Å²) in [6, 6.07) is 10.3. The normalized spacial score (nSPS) is 11.2. The third kappa shape index (κ3) is 11.3. The third-order valence-corrected chi connectivity index (χ3v) is 2.11. The first-order chi connectivity index (χ1) is 9.86. The lowest BCUT2D eigenvalue weighted by Gasteiger charge is -1.93. The van der Waals surface area contributed by atoms with Crippen LogP contribution in [-0.2, 0) is 0 Å². The molecule has 0 saturated heterocycles. The summed E-state index contributed by atoms with van der Waals surface area (Å²) in [5.41, 5.74) is 2.42. The molecule has 1 rings (SSSR count). The van der Waals surface area contributed by atoms with Crippen molar-refractivity contribution in [2.24, 2.45) is 0 Å². The highest BCUT2D eigenvalue weighted by Gasteiger charge is 1.85. The Morgan fingerprint density at radius 3 is 1.90 bits per heavy atom. The summed E-state index contributed by atoms with van der Waals surface area (Å²) in [7, 11) is 0. The Kier molecular flexibility index (Phi) is 17.6. The first kappa shape index (κ1) is 20.5. The van der Waals surface area contributed by atoms with Gasteiger partial charge < -0.3 is 0 Å². The van der Waals surface area contributed by atoms with Gasteiger partial charge in [0.05, 0.1) is 0 Å². The van der Waals surface area contributed by atoms with Crippen LogP contribution in [0.25, 0.3) is 6.08 Å². The maximum atomic E-state index is 2.12. The highest BCUT2D eigenvalue weighted by Crippen LogP contribution is 2.06. The first-order valence-electron chi connectivity index (χ1n) is 7.55. The van der Waals surface area contributed by atoms with Crippen LogP contribution in [0.2, 0.25) is 0 Å². The minimum Gasteiger partial charge on any atom is -0.0876 e. The molecule has 0 saturated carbocycles. The Morgan fingerprint density at radius 1 is 0.800 bits per heavy atom. The molecule has 0 fully saturated rings. The molecule has 0 amide bonds. The Hall–Kier alpha value is -1.82. The third-order valence-electron chi connectivity index (χ3n) is 2.11. The van der Waals surface area contributed by atoms with E-state index in [1.165, 1.54) is 11.1 Å². The summed E-state index contributed by atoms with van der Waals surface area (Å²) in [4.78, 5) is 0. The highest BCUT2D eigenvalue weighted by atomic mass is 13.9. The SMILES string of the molecule is CC.CC.C\C=C/C=C(\C=C/C)/C=C/c1ccccc1. The van der Waals surface area contributed by atoms with Gasteiger partial charge >= 0.3 is 0 Å². The van der Waals surface area contributed by atoms with E-state index in [0.717, 1.165) is 0 Å². The van der Waals surface area contributed by atoms with Gasteiger partial charge in [0, 0.05) is 0 Å². The molecule has 0 aliphatic carbocycles. The fourth-order valence-corrected chi connectivity index (χ4v) is 1.32. The van der Waals surface area contributed by atoms with Gasteiger partial charge in [0.25, 0.3) is 0 Å². The summed E-state index contributed by atoms with van der Waals surface area (Å²) in [6.07, 6.45) is 14.6. The van der Waals surface area contributed by atoms with Crippen molar-refractivity contribution in [1.29, 1.82) is 0 Å². The topological polar surface area (TPSA) is 0 Å². The Bertz CT molecular complexity index is 403. The lowest BCUT2D eigenvalue weighted by Crippen LogP contribution is -1.72. The number of allylic oxidation sites excluding steroid dienone is 7. The van der Waals surface area contributed by atoms with Crippen molar-refractivity contribution in [3.8, 4) is 0 Å². The lowest BCUT2D eigenvalue weighted by atomic mass is 10.1. The maximum Gasteiger partial charge on any atom is -0.0256 e. The Balaban J connectivity index is 0. The fourth-order valence-electron chi connectivity index (χ4n) is 1.32. The van der Waals surface area contributed by atoms with Crippen molar-refractivity contribution < 1.29 is 0 Å². The van der Waals surface area contributed by atoms with Crippen LogP contribution in [0, 0.1) is 0 Å². The smallest absolute Gasteiger partial charge is 0.0256 e. The summed E-state index contributed by atoms with van der Waals surface area (Å²) < 4.78 is 0. The minimum absolute atomic E-state index is 1.20. The zero-order chi connectivity index (χ0) is 15.6. The van der Waals surface area contributed by atoms with Crippen molar-refractivity contribution in [3.63, 3.8) is 0 Å². The second kappa shape index (κ2) is 17.2. The first-order valence-corrected chi connectivity index (χ1v) is 7.55. The molecule has 0 nitrogen and oxygen atoms in total. The molecule has 0 atom stereocenters. The average Bonchev–Trinajstić information content (AvgIpc) is 2.55. The molecule has 0 radical (unpaired) electrons. The number of hydrogen-bond acceptors (Lipinski definition) is 0. The van der Waals surface area contributed by atoms with Crippen LogP contribution < -0.4 is 0 Å². The van der Waals surface area contributed by atoms with Gasteiger partial charge in [-0.2, -0.15) is 0 Å². The van der Waals surface area contributed by atoms with Crippen molar-refractivity contribution in [2.45, 2.75) is 41.5 Å². The number of hydrogen-bond donors (Lipinski definition) is 0. The van der Waals surface area contributed by atoms with Crippen molar-refractivity contribution in [2.75, 3.05) is 0 Å². The van der Waals surface area contributed by atoms with Gasteiger partial charge in [-0.25, -0.2) is 0 Å². The van der Waals surface area contributed by atoms with Crippen LogP contribution in [0.3, 0.4) is 0 Å². The zero-order valence-corrected chi connectivity index (χ0v) is 13.9. The van der Waals surface area contributed by atoms with Crippen molar-refractivity contribution >= 4 is 6.08 Å². The van der Waals surface area contributed by atoms with Crippen LogP contribution in [0.15, 0.2) is 72.4 Å². The van der Waals surface area contributed by atoms with Gasteiger partial charge in [-0.1, -0.05) is 101 Å². The van der Waals surface area contributed by atoms with Gasteiger partial charge in [-0.15, -0.1) is 0 Å². The molecule has 0 unspecified atom stereocenters. The van der Waals surface area contributed by atoms with Crippen molar-refractivity contribution in [1.82, 2.24) is 0 Å². The van der Waals surface area contributed by atoms with E-state index in [2.05, 4.69) is 36.4 Å².